The molecule has 1 aromatic carbocycles. The number of esters is 1. The second-order valence-corrected chi connectivity index (χ2v) is 11.3. The van der Waals surface area contributed by atoms with E-state index in [4.69, 9.17) is 9.47 Å². The van der Waals surface area contributed by atoms with Gasteiger partial charge in [0.1, 0.15) is 12.3 Å². The van der Waals surface area contributed by atoms with Gasteiger partial charge < -0.3 is 14.4 Å². The van der Waals surface area contributed by atoms with Crippen LogP contribution >= 0.6 is 11.3 Å². The van der Waals surface area contributed by atoms with Crippen molar-refractivity contribution in [2.24, 2.45) is 10.2 Å². The lowest BCUT2D eigenvalue weighted by molar-refractivity contribution is -0.106. The summed E-state index contributed by atoms with van der Waals surface area (Å²) in [6, 6.07) is 3.27. The predicted molar refractivity (Wildman–Crippen MR) is 132 cm³/mol. The highest BCUT2D eigenvalue weighted by Gasteiger charge is 2.36. The minimum Gasteiger partial charge on any atom is -0.458 e. The summed E-state index contributed by atoms with van der Waals surface area (Å²) in [7, 11) is -3.33. The summed E-state index contributed by atoms with van der Waals surface area (Å²) < 4.78 is 74.9. The van der Waals surface area contributed by atoms with Crippen molar-refractivity contribution < 1.29 is 35.9 Å². The van der Waals surface area contributed by atoms with Crippen LogP contribution in [0.3, 0.4) is 0 Å². The van der Waals surface area contributed by atoms with Crippen molar-refractivity contribution >= 4 is 49.5 Å². The number of alkyl halides is 3. The van der Waals surface area contributed by atoms with E-state index in [2.05, 4.69) is 25.3 Å². The van der Waals surface area contributed by atoms with E-state index in [1.54, 1.807) is 6.07 Å². The second-order valence-electron chi connectivity index (χ2n) is 8.58. The molecule has 2 aromatic rings. The minimum absolute atomic E-state index is 0.00202. The van der Waals surface area contributed by atoms with Gasteiger partial charge in [-0.2, -0.15) is 13.2 Å². The molecule has 0 spiro atoms. The number of ether oxygens (including phenoxy) is 2. The first-order valence-corrected chi connectivity index (χ1v) is 13.7. The molecule has 16 heteroatoms. The Morgan fingerprint density at radius 3 is 2.65 bits per heavy atom. The van der Waals surface area contributed by atoms with Crippen LogP contribution < -0.4 is 9.62 Å². The number of aromatic nitrogens is 2. The molecule has 2 heterocycles. The average molecular weight is 565 g/mol. The molecule has 1 aliphatic heterocycles. The molecule has 1 atom stereocenters. The van der Waals surface area contributed by atoms with Crippen LogP contribution in [0.4, 0.5) is 35.4 Å². The summed E-state index contributed by atoms with van der Waals surface area (Å²) in [5.41, 5.74) is 1.39. The molecule has 3 rings (SSSR count). The fourth-order valence-corrected chi connectivity index (χ4v) is 5.45. The number of azo groups is 1. The largest absolute Gasteiger partial charge is 0.458 e. The van der Waals surface area contributed by atoms with E-state index < -0.39 is 27.9 Å². The number of halogens is 3. The van der Waals surface area contributed by atoms with Crippen LogP contribution in [0.5, 0.6) is 0 Å². The molecule has 0 amide bonds. The van der Waals surface area contributed by atoms with Gasteiger partial charge in [-0.15, -0.1) is 20.4 Å². The van der Waals surface area contributed by atoms with Gasteiger partial charge in [0.25, 0.3) is 5.13 Å². The first-order chi connectivity index (χ1) is 17.3. The van der Waals surface area contributed by atoms with E-state index in [-0.39, 0.29) is 46.8 Å². The summed E-state index contributed by atoms with van der Waals surface area (Å²) in [5, 5.41) is 15.3. The van der Waals surface area contributed by atoms with Crippen molar-refractivity contribution in [3.63, 3.8) is 0 Å². The van der Waals surface area contributed by atoms with Crippen molar-refractivity contribution in [3.05, 3.63) is 22.7 Å². The van der Waals surface area contributed by atoms with E-state index in [1.165, 1.54) is 13.2 Å². The summed E-state index contributed by atoms with van der Waals surface area (Å²) in [5.74, 6) is -2.78. The van der Waals surface area contributed by atoms with Crippen molar-refractivity contribution in [1.82, 2.24) is 10.2 Å². The van der Waals surface area contributed by atoms with Gasteiger partial charge in [-0.3, -0.25) is 4.72 Å². The Hall–Kier alpha value is -2.85. The lowest BCUT2D eigenvalue weighted by Crippen LogP contribution is -2.42. The van der Waals surface area contributed by atoms with Gasteiger partial charge in [-0.05, 0) is 51.3 Å². The molecule has 0 radical (unpaired) electrons. The Morgan fingerprint density at radius 2 is 2.00 bits per heavy atom. The predicted octanol–water partition coefficient (Wildman–Crippen LogP) is 4.61. The third-order valence-corrected chi connectivity index (χ3v) is 7.34. The fourth-order valence-electron chi connectivity index (χ4n) is 3.89. The Labute approximate surface area is 216 Å². The molecule has 1 aromatic heterocycles. The van der Waals surface area contributed by atoms with Gasteiger partial charge in [-0.25, -0.2) is 13.2 Å². The van der Waals surface area contributed by atoms with Crippen LogP contribution in [-0.2, 0) is 25.9 Å². The highest BCUT2D eigenvalue weighted by Crippen LogP contribution is 2.41. The van der Waals surface area contributed by atoms with E-state index in [0.29, 0.717) is 12.1 Å². The minimum atomic E-state index is -4.93. The number of nitrogens with one attached hydrogen (secondary N) is 1. The first-order valence-electron chi connectivity index (χ1n) is 11.2. The fraction of sp³-hybridized carbons (Fsp3) is 0.571. The number of hydrogen-bond donors (Lipinski definition) is 1. The summed E-state index contributed by atoms with van der Waals surface area (Å²) in [6.45, 7) is 6.20. The van der Waals surface area contributed by atoms with Crippen LogP contribution in [0.2, 0.25) is 0 Å². The molecule has 1 unspecified atom stereocenters. The monoisotopic (exact) mass is 564 g/mol. The molecular weight excluding hydrogens is 537 g/mol. The number of hydrogen-bond acceptors (Lipinski definition) is 11. The molecule has 0 bridgehead atoms. The topological polar surface area (TPSA) is 135 Å². The summed E-state index contributed by atoms with van der Waals surface area (Å²) in [4.78, 5) is 14.1. The number of nitrogens with zero attached hydrogens (tertiary/aromatic N) is 5. The third-order valence-electron chi connectivity index (χ3n) is 5.31. The Kier molecular flexibility index (Phi) is 9.07. The summed E-state index contributed by atoms with van der Waals surface area (Å²) >= 11 is 0.785. The molecule has 204 valence electrons. The van der Waals surface area contributed by atoms with Gasteiger partial charge in [0.2, 0.25) is 15.0 Å². The highest BCUT2D eigenvalue weighted by molar-refractivity contribution is 7.92. The smallest absolute Gasteiger partial charge is 0.404 e. The van der Waals surface area contributed by atoms with Crippen molar-refractivity contribution in [1.29, 1.82) is 0 Å². The van der Waals surface area contributed by atoms with Gasteiger partial charge in [-0.1, -0.05) is 11.3 Å². The molecular formula is C21H27F3N6O5S2. The van der Waals surface area contributed by atoms with Gasteiger partial charge in [0, 0.05) is 24.9 Å². The van der Waals surface area contributed by atoms with E-state index in [0.717, 1.165) is 23.3 Å². The maximum atomic E-state index is 12.9. The number of carbonyl (C=O) groups excluding carboxylic acids is 1. The normalized spacial score (nSPS) is 16.3. The zero-order chi connectivity index (χ0) is 27.4. The Morgan fingerprint density at radius 1 is 1.27 bits per heavy atom. The van der Waals surface area contributed by atoms with Crippen LogP contribution in [0.1, 0.15) is 42.6 Å². The number of fused-ring (bicyclic) bond motifs is 1. The Balaban J connectivity index is 1.96. The number of aryl methyl sites for hydroxylation is 1. The lowest BCUT2D eigenvalue weighted by Gasteiger charge is -2.40. The number of sulfonamides is 1. The van der Waals surface area contributed by atoms with E-state index in [1.807, 2.05) is 25.5 Å². The maximum Gasteiger partial charge on any atom is 0.404 e. The molecule has 0 aliphatic carbocycles. The van der Waals surface area contributed by atoms with Crippen molar-refractivity contribution in [3.8, 4) is 0 Å². The quantitative estimate of drug-likeness (QED) is 0.251. The number of anilines is 2. The zero-order valence-corrected chi connectivity index (χ0v) is 22.2. The van der Waals surface area contributed by atoms with Crippen LogP contribution in [0.25, 0.3) is 0 Å². The highest BCUT2D eigenvalue weighted by atomic mass is 32.2. The molecule has 0 saturated carbocycles. The molecule has 0 fully saturated rings. The molecule has 1 N–H and O–H groups in total. The van der Waals surface area contributed by atoms with Crippen LogP contribution in [-0.4, -0.2) is 68.9 Å². The molecule has 11 nitrogen and oxygen atoms in total. The standard InChI is InChI=1S/C21H27F3N6O5S2/c1-12(2)30-13(3)5-6-14-9-15(16(10-17(14)30)29-37(32,33)11-21(22,23)24)25-27-20-28-26-18(36-20)19(31)35-8-7-34-4/h9-10,12-13,29H,5-8,11H2,1-4H3. The van der Waals surface area contributed by atoms with Crippen molar-refractivity contribution in [2.75, 3.05) is 35.7 Å². The van der Waals surface area contributed by atoms with Gasteiger partial charge >= 0.3 is 12.1 Å². The summed E-state index contributed by atoms with van der Waals surface area (Å²) in [6.07, 6.45) is -3.44. The second kappa shape index (κ2) is 11.7. The molecule has 1 aliphatic rings. The van der Waals surface area contributed by atoms with Crippen molar-refractivity contribution in [2.45, 2.75) is 51.9 Å². The number of carbonyl (C=O) groups is 1. The first kappa shape index (κ1) is 28.7. The van der Waals surface area contributed by atoms with E-state index in [9.17, 15) is 26.4 Å². The van der Waals surface area contributed by atoms with Gasteiger partial charge in [0.15, 0.2) is 5.75 Å². The number of methoxy groups -OCH3 is 1. The molecule has 37 heavy (non-hydrogen) atoms. The van der Waals surface area contributed by atoms with Crippen LogP contribution in [0.15, 0.2) is 22.4 Å². The SMILES string of the molecule is COCCOC(=O)c1nnc(N=Nc2cc3c(cc2NS(=O)(=O)CC(F)(F)F)N(C(C)C)C(C)CC3)s1. The van der Waals surface area contributed by atoms with E-state index >= 15 is 0 Å². The zero-order valence-electron chi connectivity index (χ0n) is 20.6. The van der Waals surface area contributed by atoms with Gasteiger partial charge in [0.05, 0.1) is 12.3 Å². The maximum absolute atomic E-state index is 12.9. The average Bonchev–Trinajstić information content (AvgIpc) is 3.25. The number of benzene rings is 1. The van der Waals surface area contributed by atoms with Crippen LogP contribution in [0, 0.1) is 0 Å². The Bertz CT molecular complexity index is 1250. The lowest BCUT2D eigenvalue weighted by atomic mass is 9.94. The molecule has 0 saturated heterocycles. The number of rotatable bonds is 10. The third kappa shape index (κ3) is 7.82.